The van der Waals surface area contributed by atoms with Gasteiger partial charge in [0.15, 0.2) is 15.7 Å². The van der Waals surface area contributed by atoms with Crippen LogP contribution in [0.5, 0.6) is 0 Å². The third-order valence-electron chi connectivity index (χ3n) is 3.73. The number of nitrogens with two attached hydrogens (primary N) is 1. The normalized spacial score (nSPS) is 20.7. The second-order valence-electron chi connectivity index (χ2n) is 5.14. The molecule has 0 bridgehead atoms. The smallest absolute Gasteiger partial charge is 0.180 e. The molecule has 1 atom stereocenters. The Kier molecular flexibility index (Phi) is 3.40. The van der Waals surface area contributed by atoms with Crippen LogP contribution in [0.15, 0.2) is 18.5 Å². The Morgan fingerprint density at radius 1 is 1.38 bits per heavy atom. The molecular weight excluding hydrogens is 290 g/mol. The lowest BCUT2D eigenvalue weighted by Crippen LogP contribution is -2.15. The highest BCUT2D eigenvalue weighted by atomic mass is 32.2. The molecule has 8 heteroatoms. The summed E-state index contributed by atoms with van der Waals surface area (Å²) in [6.45, 7) is 1.98. The second-order valence-corrected chi connectivity index (χ2v) is 7.37. The van der Waals surface area contributed by atoms with Crippen LogP contribution in [0, 0.1) is 0 Å². The molecule has 7 nitrogen and oxygen atoms in total. The van der Waals surface area contributed by atoms with Crippen molar-refractivity contribution in [2.75, 3.05) is 17.2 Å². The van der Waals surface area contributed by atoms with Gasteiger partial charge in [-0.1, -0.05) is 6.92 Å². The highest BCUT2D eigenvalue weighted by Gasteiger charge is 2.32. The first-order valence-corrected chi connectivity index (χ1v) is 8.68. The van der Waals surface area contributed by atoms with Crippen molar-refractivity contribution in [3.63, 3.8) is 0 Å². The van der Waals surface area contributed by atoms with Gasteiger partial charge < -0.3 is 5.73 Å². The van der Waals surface area contributed by atoms with Crippen molar-refractivity contribution in [1.82, 2.24) is 19.7 Å². The molecule has 0 radical (unpaired) electrons. The fourth-order valence-electron chi connectivity index (χ4n) is 2.68. The van der Waals surface area contributed by atoms with E-state index in [1.165, 1.54) is 0 Å². The molecule has 0 saturated carbocycles. The molecule has 2 aromatic rings. The van der Waals surface area contributed by atoms with Crippen molar-refractivity contribution >= 4 is 15.7 Å². The summed E-state index contributed by atoms with van der Waals surface area (Å²) in [4.78, 5) is 8.41. The first kappa shape index (κ1) is 14.0. The van der Waals surface area contributed by atoms with Crippen LogP contribution in [0.4, 0.5) is 5.82 Å². The lowest BCUT2D eigenvalue weighted by atomic mass is 10.1. The van der Waals surface area contributed by atoms with E-state index in [2.05, 4.69) is 15.1 Å². The van der Waals surface area contributed by atoms with E-state index in [1.807, 2.05) is 6.92 Å². The average molecular weight is 307 g/mol. The van der Waals surface area contributed by atoms with Gasteiger partial charge >= 0.3 is 0 Å². The summed E-state index contributed by atoms with van der Waals surface area (Å²) in [5.41, 5.74) is 7.68. The van der Waals surface area contributed by atoms with Gasteiger partial charge in [-0.15, -0.1) is 0 Å². The molecule has 0 aromatic carbocycles. The monoisotopic (exact) mass is 307 g/mol. The third kappa shape index (κ3) is 2.51. The molecule has 0 spiro atoms. The van der Waals surface area contributed by atoms with Crippen LogP contribution in [0.3, 0.4) is 0 Å². The molecular formula is C13H17N5O2S. The van der Waals surface area contributed by atoms with Crippen LogP contribution >= 0.6 is 0 Å². The van der Waals surface area contributed by atoms with Crippen molar-refractivity contribution < 1.29 is 8.42 Å². The predicted molar refractivity (Wildman–Crippen MR) is 79.4 cm³/mol. The molecule has 0 amide bonds. The lowest BCUT2D eigenvalue weighted by Gasteiger charge is -2.10. The van der Waals surface area contributed by atoms with Crippen LogP contribution in [-0.4, -0.2) is 39.7 Å². The standard InChI is InChI=1S/C13H17N5O2S/c1-2-10-11(13-15-5-3-6-16-13)17-18(12(10)14)9-4-7-21(19,20)8-9/h3,5-6,9H,2,4,7-8,14H2,1H3. The van der Waals surface area contributed by atoms with Crippen molar-refractivity contribution in [1.29, 1.82) is 0 Å². The second kappa shape index (κ2) is 5.10. The summed E-state index contributed by atoms with van der Waals surface area (Å²) >= 11 is 0. The number of aromatic nitrogens is 4. The minimum Gasteiger partial charge on any atom is -0.384 e. The maximum absolute atomic E-state index is 11.7. The molecule has 1 aliphatic heterocycles. The summed E-state index contributed by atoms with van der Waals surface area (Å²) in [6, 6.07) is 1.54. The van der Waals surface area contributed by atoms with Gasteiger partial charge in [0.05, 0.1) is 17.5 Å². The summed E-state index contributed by atoms with van der Waals surface area (Å²) in [7, 11) is -2.98. The van der Waals surface area contributed by atoms with Crippen LogP contribution in [0.2, 0.25) is 0 Å². The van der Waals surface area contributed by atoms with E-state index < -0.39 is 9.84 Å². The van der Waals surface area contributed by atoms with E-state index in [0.717, 1.165) is 5.56 Å². The van der Waals surface area contributed by atoms with Crippen LogP contribution in [0.1, 0.15) is 24.9 Å². The summed E-state index contributed by atoms with van der Waals surface area (Å²) in [5, 5.41) is 4.50. The summed E-state index contributed by atoms with van der Waals surface area (Å²) < 4.78 is 24.9. The number of nitrogen functional groups attached to an aromatic ring is 1. The van der Waals surface area contributed by atoms with Crippen molar-refractivity contribution in [2.24, 2.45) is 0 Å². The van der Waals surface area contributed by atoms with Crippen molar-refractivity contribution in [2.45, 2.75) is 25.8 Å². The van der Waals surface area contributed by atoms with Gasteiger partial charge in [0.25, 0.3) is 0 Å². The molecule has 3 heterocycles. The van der Waals surface area contributed by atoms with Gasteiger partial charge in [0, 0.05) is 18.0 Å². The quantitative estimate of drug-likeness (QED) is 0.901. The molecule has 1 fully saturated rings. The number of hydrogen-bond donors (Lipinski definition) is 1. The molecule has 1 aliphatic rings. The largest absolute Gasteiger partial charge is 0.384 e. The van der Waals surface area contributed by atoms with Crippen molar-refractivity contribution in [3.8, 4) is 11.5 Å². The Morgan fingerprint density at radius 3 is 2.67 bits per heavy atom. The Hall–Kier alpha value is -1.96. The fourth-order valence-corrected chi connectivity index (χ4v) is 4.37. The van der Waals surface area contributed by atoms with Gasteiger partial charge in [-0.3, -0.25) is 0 Å². The first-order chi connectivity index (χ1) is 10.0. The molecule has 3 rings (SSSR count). The SMILES string of the molecule is CCc1c(-c2ncccn2)nn(C2CCS(=O)(=O)C2)c1N. The lowest BCUT2D eigenvalue weighted by molar-refractivity contribution is 0.507. The van der Waals surface area contributed by atoms with E-state index in [0.29, 0.717) is 30.2 Å². The third-order valence-corrected chi connectivity index (χ3v) is 5.49. The molecule has 2 aromatic heterocycles. The average Bonchev–Trinajstić information content (AvgIpc) is 2.99. The number of nitrogens with zero attached hydrogens (tertiary/aromatic N) is 4. The number of rotatable bonds is 3. The van der Waals surface area contributed by atoms with Gasteiger partial charge in [0.1, 0.15) is 11.5 Å². The molecule has 2 N–H and O–H groups in total. The molecule has 1 unspecified atom stereocenters. The van der Waals surface area contributed by atoms with Crippen LogP contribution < -0.4 is 5.73 Å². The fraction of sp³-hybridized carbons (Fsp3) is 0.462. The van der Waals surface area contributed by atoms with E-state index in [1.54, 1.807) is 23.1 Å². The number of sulfone groups is 1. The van der Waals surface area contributed by atoms with E-state index in [9.17, 15) is 8.42 Å². The Balaban J connectivity index is 2.06. The van der Waals surface area contributed by atoms with Crippen LogP contribution in [-0.2, 0) is 16.3 Å². The maximum Gasteiger partial charge on any atom is 0.180 e. The van der Waals surface area contributed by atoms with Gasteiger partial charge in [-0.2, -0.15) is 5.10 Å². The molecule has 21 heavy (non-hydrogen) atoms. The van der Waals surface area contributed by atoms with E-state index in [4.69, 9.17) is 5.73 Å². The van der Waals surface area contributed by atoms with E-state index in [-0.39, 0.29) is 17.5 Å². The summed E-state index contributed by atoms with van der Waals surface area (Å²) in [6.07, 6.45) is 4.54. The molecule has 112 valence electrons. The summed E-state index contributed by atoms with van der Waals surface area (Å²) in [5.74, 6) is 1.31. The zero-order chi connectivity index (χ0) is 15.0. The van der Waals surface area contributed by atoms with Gasteiger partial charge in [-0.25, -0.2) is 23.1 Å². The van der Waals surface area contributed by atoms with Crippen molar-refractivity contribution in [3.05, 3.63) is 24.0 Å². The minimum absolute atomic E-state index is 0.0944. The minimum atomic E-state index is -2.98. The highest BCUT2D eigenvalue weighted by molar-refractivity contribution is 7.91. The molecule has 0 aliphatic carbocycles. The van der Waals surface area contributed by atoms with E-state index >= 15 is 0 Å². The topological polar surface area (TPSA) is 104 Å². The maximum atomic E-state index is 11.7. The zero-order valence-electron chi connectivity index (χ0n) is 11.7. The predicted octanol–water partition coefficient (Wildman–Crippen LogP) is 0.844. The van der Waals surface area contributed by atoms with Gasteiger partial charge in [0.2, 0.25) is 0 Å². The molecule has 1 saturated heterocycles. The number of hydrogen-bond acceptors (Lipinski definition) is 6. The first-order valence-electron chi connectivity index (χ1n) is 6.86. The Morgan fingerprint density at radius 2 is 2.10 bits per heavy atom. The number of anilines is 1. The van der Waals surface area contributed by atoms with Gasteiger partial charge in [-0.05, 0) is 18.9 Å². The Labute approximate surface area is 123 Å². The zero-order valence-corrected chi connectivity index (χ0v) is 12.5. The van der Waals surface area contributed by atoms with Crippen LogP contribution in [0.25, 0.3) is 11.5 Å². The Bertz CT molecular complexity index is 754. The highest BCUT2D eigenvalue weighted by Crippen LogP contribution is 2.31.